The Hall–Kier alpha value is -1.39. The smallest absolute Gasteiger partial charge is 0.335 e. The summed E-state index contributed by atoms with van der Waals surface area (Å²) in [6.07, 6.45) is 3.72. The number of aromatic carboxylic acids is 1. The Balaban J connectivity index is 1.71. The summed E-state index contributed by atoms with van der Waals surface area (Å²) in [7, 11) is 0. The Kier molecular flexibility index (Phi) is 6.40. The molecule has 22 heavy (non-hydrogen) atoms. The Morgan fingerprint density at radius 3 is 2.45 bits per heavy atom. The molecule has 122 valence electrons. The maximum Gasteiger partial charge on any atom is 0.335 e. The number of likely N-dealkylation sites (tertiary alicyclic amines) is 1. The third-order valence-electron chi connectivity index (χ3n) is 4.19. The predicted octanol–water partition coefficient (Wildman–Crippen LogP) is 3.41. The molecule has 1 aliphatic rings. The molecule has 1 heterocycles. The maximum absolute atomic E-state index is 10.8. The third-order valence-corrected chi connectivity index (χ3v) is 4.19. The van der Waals surface area contributed by atoms with E-state index >= 15 is 0 Å². The second-order valence-corrected chi connectivity index (χ2v) is 6.53. The van der Waals surface area contributed by atoms with Gasteiger partial charge in [-0.05, 0) is 42.9 Å². The summed E-state index contributed by atoms with van der Waals surface area (Å²) in [5.41, 5.74) is 1.52. The lowest BCUT2D eigenvalue weighted by Gasteiger charge is -2.32. The fourth-order valence-electron chi connectivity index (χ4n) is 2.72. The molecule has 1 aliphatic heterocycles. The van der Waals surface area contributed by atoms with Gasteiger partial charge in [0, 0.05) is 26.2 Å². The zero-order valence-electron chi connectivity index (χ0n) is 13.6. The van der Waals surface area contributed by atoms with Gasteiger partial charge < -0.3 is 9.84 Å². The quantitative estimate of drug-likeness (QED) is 0.838. The first-order valence-electron chi connectivity index (χ1n) is 8.21. The molecule has 0 spiro atoms. The molecule has 0 atom stereocenters. The summed E-state index contributed by atoms with van der Waals surface area (Å²) >= 11 is 0. The van der Waals surface area contributed by atoms with E-state index in [1.165, 1.54) is 5.56 Å². The molecule has 0 bridgehead atoms. The van der Waals surface area contributed by atoms with Crippen LogP contribution < -0.4 is 0 Å². The van der Waals surface area contributed by atoms with Gasteiger partial charge in [-0.25, -0.2) is 4.79 Å². The van der Waals surface area contributed by atoms with E-state index in [0.29, 0.717) is 17.6 Å². The number of hydrogen-bond acceptors (Lipinski definition) is 3. The Morgan fingerprint density at radius 1 is 1.27 bits per heavy atom. The first kappa shape index (κ1) is 17.0. The zero-order chi connectivity index (χ0) is 15.9. The summed E-state index contributed by atoms with van der Waals surface area (Å²) in [6.45, 7) is 8.31. The minimum atomic E-state index is -0.870. The monoisotopic (exact) mass is 305 g/mol. The van der Waals surface area contributed by atoms with E-state index in [1.807, 2.05) is 12.1 Å². The molecule has 0 saturated carbocycles. The molecule has 0 aromatic heterocycles. The summed E-state index contributed by atoms with van der Waals surface area (Å²) in [6, 6.07) is 7.18. The van der Waals surface area contributed by atoms with Gasteiger partial charge in [0.2, 0.25) is 0 Å². The van der Waals surface area contributed by atoms with E-state index in [4.69, 9.17) is 9.84 Å². The van der Waals surface area contributed by atoms with Crippen LogP contribution in [0.4, 0.5) is 0 Å². The highest BCUT2D eigenvalue weighted by atomic mass is 16.5. The van der Waals surface area contributed by atoms with Gasteiger partial charge in [0.05, 0.1) is 11.7 Å². The molecule has 1 N–H and O–H groups in total. The number of carbonyl (C=O) groups is 1. The molecule has 1 aromatic rings. The Morgan fingerprint density at radius 2 is 1.91 bits per heavy atom. The molecule has 4 heteroatoms. The van der Waals surface area contributed by atoms with Crippen molar-refractivity contribution in [2.75, 3.05) is 19.7 Å². The average Bonchev–Trinajstić information content (AvgIpc) is 2.49. The second kappa shape index (κ2) is 8.30. The van der Waals surface area contributed by atoms with Crippen LogP contribution in [0.25, 0.3) is 0 Å². The number of piperidine rings is 1. The van der Waals surface area contributed by atoms with E-state index in [9.17, 15) is 4.79 Å². The van der Waals surface area contributed by atoms with Crippen molar-refractivity contribution in [1.29, 1.82) is 0 Å². The second-order valence-electron chi connectivity index (χ2n) is 6.53. The van der Waals surface area contributed by atoms with Crippen LogP contribution in [0.2, 0.25) is 0 Å². The summed E-state index contributed by atoms with van der Waals surface area (Å²) < 4.78 is 5.94. The first-order valence-corrected chi connectivity index (χ1v) is 8.21. The molecule has 1 aromatic carbocycles. The van der Waals surface area contributed by atoms with Gasteiger partial charge in [-0.2, -0.15) is 0 Å². The maximum atomic E-state index is 10.8. The van der Waals surface area contributed by atoms with Gasteiger partial charge in [0.15, 0.2) is 0 Å². The highest BCUT2D eigenvalue weighted by Crippen LogP contribution is 2.17. The minimum absolute atomic E-state index is 0.348. The van der Waals surface area contributed by atoms with Crippen molar-refractivity contribution in [2.24, 2.45) is 5.92 Å². The lowest BCUT2D eigenvalue weighted by atomic mass is 10.1. The summed E-state index contributed by atoms with van der Waals surface area (Å²) in [5, 5.41) is 8.91. The lowest BCUT2D eigenvalue weighted by molar-refractivity contribution is 0.00170. The molecule has 0 aliphatic carbocycles. The highest BCUT2D eigenvalue weighted by Gasteiger charge is 2.19. The van der Waals surface area contributed by atoms with E-state index in [2.05, 4.69) is 18.7 Å². The minimum Gasteiger partial charge on any atom is -0.478 e. The number of rotatable bonds is 7. The fourth-order valence-corrected chi connectivity index (χ4v) is 2.72. The number of hydrogen-bond donors (Lipinski definition) is 1. The number of carboxylic acid groups (broad SMARTS) is 1. The van der Waals surface area contributed by atoms with E-state index < -0.39 is 5.97 Å². The normalized spacial score (nSPS) is 17.0. The lowest BCUT2D eigenvalue weighted by Crippen LogP contribution is -2.36. The summed E-state index contributed by atoms with van der Waals surface area (Å²) in [4.78, 5) is 13.3. The fraction of sp³-hybridized carbons (Fsp3) is 0.611. The number of ether oxygens (including phenoxy) is 1. The Labute approximate surface area is 133 Å². The predicted molar refractivity (Wildman–Crippen MR) is 87.1 cm³/mol. The molecule has 0 radical (unpaired) electrons. The van der Waals surface area contributed by atoms with Crippen LogP contribution >= 0.6 is 0 Å². The van der Waals surface area contributed by atoms with Gasteiger partial charge >= 0.3 is 5.97 Å². The van der Waals surface area contributed by atoms with Crippen LogP contribution in [0.3, 0.4) is 0 Å². The molecular formula is C18H27NO3. The molecule has 1 fully saturated rings. The Bertz CT molecular complexity index is 462. The van der Waals surface area contributed by atoms with Crippen LogP contribution in [0.1, 0.15) is 49.0 Å². The van der Waals surface area contributed by atoms with Crippen molar-refractivity contribution < 1.29 is 14.6 Å². The summed E-state index contributed by atoms with van der Waals surface area (Å²) in [5.74, 6) is -0.167. The van der Waals surface area contributed by atoms with E-state index in [-0.39, 0.29) is 0 Å². The SMILES string of the molecule is CC(C)CCOC1CCN(Cc2ccc(C(=O)O)cc2)CC1. The molecular weight excluding hydrogens is 278 g/mol. The third kappa shape index (κ3) is 5.43. The van der Waals surface area contributed by atoms with Crippen molar-refractivity contribution >= 4 is 5.97 Å². The van der Waals surface area contributed by atoms with Crippen molar-refractivity contribution in [2.45, 2.75) is 45.8 Å². The molecule has 4 nitrogen and oxygen atoms in total. The average molecular weight is 305 g/mol. The van der Waals surface area contributed by atoms with Crippen LogP contribution in [0.5, 0.6) is 0 Å². The van der Waals surface area contributed by atoms with Crippen molar-refractivity contribution in [1.82, 2.24) is 4.90 Å². The van der Waals surface area contributed by atoms with Crippen LogP contribution in [-0.2, 0) is 11.3 Å². The van der Waals surface area contributed by atoms with Crippen molar-refractivity contribution in [3.63, 3.8) is 0 Å². The van der Waals surface area contributed by atoms with Gasteiger partial charge in [0.1, 0.15) is 0 Å². The van der Waals surface area contributed by atoms with Gasteiger partial charge in [0.25, 0.3) is 0 Å². The number of benzene rings is 1. The van der Waals surface area contributed by atoms with Gasteiger partial charge in [-0.3, -0.25) is 4.90 Å². The molecule has 0 unspecified atom stereocenters. The van der Waals surface area contributed by atoms with Crippen LogP contribution in [0, 0.1) is 5.92 Å². The number of carboxylic acids is 1. The molecule has 1 saturated heterocycles. The van der Waals surface area contributed by atoms with Crippen LogP contribution in [0.15, 0.2) is 24.3 Å². The van der Waals surface area contributed by atoms with E-state index in [1.54, 1.807) is 12.1 Å². The van der Waals surface area contributed by atoms with Gasteiger partial charge in [-0.15, -0.1) is 0 Å². The van der Waals surface area contributed by atoms with Gasteiger partial charge in [-0.1, -0.05) is 26.0 Å². The van der Waals surface area contributed by atoms with E-state index in [0.717, 1.165) is 45.5 Å². The largest absolute Gasteiger partial charge is 0.478 e. The first-order chi connectivity index (χ1) is 10.5. The van der Waals surface area contributed by atoms with Crippen LogP contribution in [-0.4, -0.2) is 41.8 Å². The zero-order valence-corrected chi connectivity index (χ0v) is 13.6. The highest BCUT2D eigenvalue weighted by molar-refractivity contribution is 5.87. The van der Waals surface area contributed by atoms with Crippen molar-refractivity contribution in [3.05, 3.63) is 35.4 Å². The van der Waals surface area contributed by atoms with Crippen molar-refractivity contribution in [3.8, 4) is 0 Å². The molecule has 0 amide bonds. The topological polar surface area (TPSA) is 49.8 Å². The standard InChI is InChI=1S/C18H27NO3/c1-14(2)9-12-22-17-7-10-19(11-8-17)13-15-3-5-16(6-4-15)18(20)21/h3-6,14,17H,7-13H2,1-2H3,(H,20,21). The molecule has 2 rings (SSSR count). The number of nitrogens with zero attached hydrogens (tertiary/aromatic N) is 1.